The fraction of sp³-hybridized carbons (Fsp3) is 0.500. The second-order valence-corrected chi connectivity index (χ2v) is 3.84. The normalized spacial score (nSPS) is 12.8. The van der Waals surface area contributed by atoms with E-state index in [1.807, 2.05) is 13.8 Å². The minimum absolute atomic E-state index is 0.0724. The lowest BCUT2D eigenvalue weighted by atomic mass is 10.0. The molecule has 5 heteroatoms. The number of carboxylic acids is 1. The highest BCUT2D eigenvalue weighted by atomic mass is 79.9. The van der Waals surface area contributed by atoms with Gasteiger partial charge < -0.3 is 5.11 Å². The molecule has 0 aliphatic carbocycles. The van der Waals surface area contributed by atoms with Gasteiger partial charge in [0, 0.05) is 11.6 Å². The average Bonchev–Trinajstić information content (AvgIpc) is 2.31. The molecule has 0 spiro atoms. The fourth-order valence-electron chi connectivity index (χ4n) is 1.12. The Labute approximate surface area is 84.5 Å². The number of halogens is 1. The minimum Gasteiger partial charge on any atom is -0.481 e. The molecule has 72 valence electrons. The molecule has 1 unspecified atom stereocenters. The first-order chi connectivity index (χ1) is 6.02. The Balaban J connectivity index is 2.82. The molecule has 0 saturated carbocycles. The molecule has 0 fully saturated rings. The van der Waals surface area contributed by atoms with E-state index in [0.717, 1.165) is 15.9 Å². The van der Waals surface area contributed by atoms with Gasteiger partial charge in [-0.15, -0.1) is 0 Å². The monoisotopic (exact) mass is 246 g/mol. The molecule has 0 bridgehead atoms. The number of rotatable bonds is 3. The van der Waals surface area contributed by atoms with Crippen molar-refractivity contribution in [2.45, 2.75) is 26.2 Å². The number of nitrogens with one attached hydrogen (secondary N) is 1. The van der Waals surface area contributed by atoms with E-state index < -0.39 is 5.97 Å². The summed E-state index contributed by atoms with van der Waals surface area (Å²) in [6.45, 7) is 3.72. The number of aryl methyl sites for hydroxylation is 1. The van der Waals surface area contributed by atoms with Gasteiger partial charge in [-0.25, -0.2) is 0 Å². The molecule has 0 aliphatic rings. The highest BCUT2D eigenvalue weighted by molar-refractivity contribution is 9.10. The number of hydrogen-bond acceptors (Lipinski definition) is 2. The zero-order valence-electron chi connectivity index (χ0n) is 7.47. The van der Waals surface area contributed by atoms with Gasteiger partial charge in [-0.2, -0.15) is 5.10 Å². The molecule has 1 atom stereocenters. The summed E-state index contributed by atoms with van der Waals surface area (Å²) in [6.07, 6.45) is 0.100. The molecule has 1 aromatic heterocycles. The van der Waals surface area contributed by atoms with E-state index in [1.54, 1.807) is 0 Å². The second kappa shape index (κ2) is 3.91. The second-order valence-electron chi connectivity index (χ2n) is 3.05. The highest BCUT2D eigenvalue weighted by Crippen LogP contribution is 2.27. The molecule has 1 aromatic rings. The zero-order chi connectivity index (χ0) is 10.0. The zero-order valence-corrected chi connectivity index (χ0v) is 9.05. The van der Waals surface area contributed by atoms with Crippen molar-refractivity contribution < 1.29 is 9.90 Å². The predicted molar refractivity (Wildman–Crippen MR) is 51.7 cm³/mol. The van der Waals surface area contributed by atoms with Gasteiger partial charge in [0.1, 0.15) is 0 Å². The van der Waals surface area contributed by atoms with Gasteiger partial charge in [0.2, 0.25) is 0 Å². The number of carbonyl (C=O) groups is 1. The number of aromatic amines is 1. The van der Waals surface area contributed by atoms with Gasteiger partial charge in [-0.3, -0.25) is 9.89 Å². The summed E-state index contributed by atoms with van der Waals surface area (Å²) < 4.78 is 0.876. The maximum atomic E-state index is 10.4. The van der Waals surface area contributed by atoms with Crippen molar-refractivity contribution in [3.63, 3.8) is 0 Å². The van der Waals surface area contributed by atoms with Crippen LogP contribution in [0.2, 0.25) is 0 Å². The smallest absolute Gasteiger partial charge is 0.304 e. The average molecular weight is 247 g/mol. The van der Waals surface area contributed by atoms with E-state index in [-0.39, 0.29) is 12.3 Å². The van der Waals surface area contributed by atoms with Gasteiger partial charge in [0.15, 0.2) is 0 Å². The third-order valence-electron chi connectivity index (χ3n) is 1.85. The Morgan fingerprint density at radius 3 is 2.77 bits per heavy atom. The Morgan fingerprint density at radius 1 is 1.77 bits per heavy atom. The van der Waals surface area contributed by atoms with E-state index in [0.29, 0.717) is 0 Å². The lowest BCUT2D eigenvalue weighted by Crippen LogP contribution is -2.03. The Kier molecular flexibility index (Phi) is 3.08. The summed E-state index contributed by atoms with van der Waals surface area (Å²) in [4.78, 5) is 10.4. The molecule has 0 aliphatic heterocycles. The van der Waals surface area contributed by atoms with Crippen LogP contribution in [0.25, 0.3) is 0 Å². The molecule has 0 saturated heterocycles. The van der Waals surface area contributed by atoms with Crippen molar-refractivity contribution in [2.75, 3.05) is 0 Å². The lowest BCUT2D eigenvalue weighted by Gasteiger charge is -2.04. The van der Waals surface area contributed by atoms with Crippen LogP contribution in [-0.4, -0.2) is 21.3 Å². The van der Waals surface area contributed by atoms with Gasteiger partial charge >= 0.3 is 5.97 Å². The quantitative estimate of drug-likeness (QED) is 0.859. The number of nitrogens with zero attached hydrogens (tertiary/aromatic N) is 1. The maximum absolute atomic E-state index is 10.4. The maximum Gasteiger partial charge on any atom is 0.304 e. The van der Waals surface area contributed by atoms with Crippen LogP contribution in [0, 0.1) is 6.92 Å². The standard InChI is InChI=1S/C8H11BrN2O2/c1-4(3-6(12)13)8-7(9)5(2)10-11-8/h4H,3H2,1-2H3,(H,10,11)(H,12,13). The molecule has 4 nitrogen and oxygen atoms in total. The summed E-state index contributed by atoms with van der Waals surface area (Å²) in [5.74, 6) is -0.878. The first-order valence-electron chi connectivity index (χ1n) is 3.94. The minimum atomic E-state index is -0.806. The van der Waals surface area contributed by atoms with Crippen LogP contribution >= 0.6 is 15.9 Å². The first-order valence-corrected chi connectivity index (χ1v) is 4.73. The molecular formula is C8H11BrN2O2. The SMILES string of the molecule is Cc1[nH]nc(C(C)CC(=O)O)c1Br. The topological polar surface area (TPSA) is 66.0 Å². The van der Waals surface area contributed by atoms with Gasteiger partial charge in [0.05, 0.1) is 16.6 Å². The largest absolute Gasteiger partial charge is 0.481 e. The van der Waals surface area contributed by atoms with Gasteiger partial charge in [0.25, 0.3) is 0 Å². The van der Waals surface area contributed by atoms with Crippen LogP contribution in [0.15, 0.2) is 4.47 Å². The fourth-order valence-corrected chi connectivity index (χ4v) is 1.69. The predicted octanol–water partition coefficient (Wildman–Crippen LogP) is 2.06. The Hall–Kier alpha value is -0.840. The van der Waals surface area contributed by atoms with Crippen LogP contribution in [0.4, 0.5) is 0 Å². The summed E-state index contributed by atoms with van der Waals surface area (Å²) >= 11 is 3.35. The molecule has 1 heterocycles. The van der Waals surface area contributed by atoms with E-state index in [2.05, 4.69) is 26.1 Å². The first kappa shape index (κ1) is 10.2. The van der Waals surface area contributed by atoms with Crippen LogP contribution < -0.4 is 0 Å². The van der Waals surface area contributed by atoms with Gasteiger partial charge in [-0.1, -0.05) is 6.92 Å². The highest BCUT2D eigenvalue weighted by Gasteiger charge is 2.17. The van der Waals surface area contributed by atoms with Crippen LogP contribution in [0.3, 0.4) is 0 Å². The molecule has 0 aromatic carbocycles. The summed E-state index contributed by atoms with van der Waals surface area (Å²) in [6, 6.07) is 0. The summed E-state index contributed by atoms with van der Waals surface area (Å²) in [7, 11) is 0. The molecule has 1 rings (SSSR count). The molecule has 2 N–H and O–H groups in total. The number of aromatic nitrogens is 2. The van der Waals surface area contributed by atoms with Crippen molar-refractivity contribution in [1.82, 2.24) is 10.2 Å². The van der Waals surface area contributed by atoms with Gasteiger partial charge in [-0.05, 0) is 22.9 Å². The lowest BCUT2D eigenvalue weighted by molar-refractivity contribution is -0.137. The number of H-pyrrole nitrogens is 1. The third-order valence-corrected chi connectivity index (χ3v) is 2.85. The molecule has 0 radical (unpaired) electrons. The van der Waals surface area contributed by atoms with Crippen molar-refractivity contribution in [3.8, 4) is 0 Å². The summed E-state index contributed by atoms with van der Waals surface area (Å²) in [5, 5.41) is 15.4. The van der Waals surface area contributed by atoms with Crippen molar-refractivity contribution in [1.29, 1.82) is 0 Å². The number of carboxylic acid groups (broad SMARTS) is 1. The number of aliphatic carboxylic acids is 1. The van der Waals surface area contributed by atoms with Crippen LogP contribution in [-0.2, 0) is 4.79 Å². The van der Waals surface area contributed by atoms with E-state index in [1.165, 1.54) is 0 Å². The van der Waals surface area contributed by atoms with Crippen LogP contribution in [0.5, 0.6) is 0 Å². The van der Waals surface area contributed by atoms with Crippen LogP contribution in [0.1, 0.15) is 30.7 Å². The van der Waals surface area contributed by atoms with Crippen molar-refractivity contribution in [3.05, 3.63) is 15.9 Å². The van der Waals surface area contributed by atoms with E-state index in [9.17, 15) is 4.79 Å². The van der Waals surface area contributed by atoms with E-state index in [4.69, 9.17) is 5.11 Å². The van der Waals surface area contributed by atoms with E-state index >= 15 is 0 Å². The molecule has 0 amide bonds. The summed E-state index contributed by atoms with van der Waals surface area (Å²) in [5.41, 5.74) is 1.70. The molecular weight excluding hydrogens is 236 g/mol. The molecule has 13 heavy (non-hydrogen) atoms. The Morgan fingerprint density at radius 2 is 2.38 bits per heavy atom. The number of hydrogen-bond donors (Lipinski definition) is 2. The van der Waals surface area contributed by atoms with Crippen molar-refractivity contribution in [2.24, 2.45) is 0 Å². The third kappa shape index (κ3) is 2.30. The van der Waals surface area contributed by atoms with Crippen molar-refractivity contribution >= 4 is 21.9 Å². The Bertz CT molecular complexity index is 322.